The predicted octanol–water partition coefficient (Wildman–Crippen LogP) is -1.61. The van der Waals surface area contributed by atoms with Crippen LogP contribution in [0, 0.1) is 0 Å². The number of rotatable bonds is 3. The molecule has 4 heteroatoms. The molecular weight excluding hydrogens is 108 g/mol. The third-order valence-electron chi connectivity index (χ3n) is 0.716. The Kier molecular flexibility index (Phi) is 2.79. The first kappa shape index (κ1) is 7.10. The number of carbonyl (C=O) groups excluding carboxylic acids is 2. The van der Waals surface area contributed by atoms with Gasteiger partial charge in [0.25, 0.3) is 0 Å². The molecule has 0 fully saturated rings. The largest absolute Gasteiger partial charge is 0.368 e. The molecule has 0 aromatic carbocycles. The molecule has 1 atom stereocenters. The first-order valence-corrected chi connectivity index (χ1v) is 2.17. The number of aldehydes is 1. The van der Waals surface area contributed by atoms with Crippen LogP contribution in [0.25, 0.3) is 0 Å². The van der Waals surface area contributed by atoms with Crippen molar-refractivity contribution < 1.29 is 9.59 Å². The van der Waals surface area contributed by atoms with Crippen molar-refractivity contribution in [1.29, 1.82) is 0 Å². The topological polar surface area (TPSA) is 86.2 Å². The molecule has 0 aliphatic carbocycles. The van der Waals surface area contributed by atoms with Crippen LogP contribution in [-0.2, 0) is 9.59 Å². The Morgan fingerprint density at radius 1 is 1.75 bits per heavy atom. The van der Waals surface area contributed by atoms with Crippen LogP contribution in [0.5, 0.6) is 0 Å². The number of hydrogen-bond donors (Lipinski definition) is 2. The molecule has 1 unspecified atom stereocenters. The highest BCUT2D eigenvalue weighted by Crippen LogP contribution is 1.78. The first-order chi connectivity index (χ1) is 3.68. The van der Waals surface area contributed by atoms with E-state index in [2.05, 4.69) is 0 Å². The van der Waals surface area contributed by atoms with Crippen molar-refractivity contribution >= 4 is 12.2 Å². The van der Waals surface area contributed by atoms with Crippen LogP contribution in [0.3, 0.4) is 0 Å². The van der Waals surface area contributed by atoms with E-state index < -0.39 is 11.9 Å². The minimum Gasteiger partial charge on any atom is -0.368 e. The Balaban J connectivity index is 3.46. The van der Waals surface area contributed by atoms with Crippen molar-refractivity contribution in [2.45, 2.75) is 12.5 Å². The Morgan fingerprint density at radius 2 is 2.25 bits per heavy atom. The lowest BCUT2D eigenvalue weighted by Crippen LogP contribution is -2.36. The van der Waals surface area contributed by atoms with E-state index in [1.807, 2.05) is 0 Å². The van der Waals surface area contributed by atoms with Gasteiger partial charge in [-0.05, 0) is 0 Å². The molecule has 0 bridgehead atoms. The van der Waals surface area contributed by atoms with Gasteiger partial charge in [-0.2, -0.15) is 0 Å². The van der Waals surface area contributed by atoms with Crippen LogP contribution in [0.2, 0.25) is 0 Å². The van der Waals surface area contributed by atoms with E-state index in [4.69, 9.17) is 11.5 Å². The molecule has 0 aliphatic heterocycles. The van der Waals surface area contributed by atoms with Gasteiger partial charge >= 0.3 is 0 Å². The van der Waals surface area contributed by atoms with Crippen molar-refractivity contribution in [2.24, 2.45) is 11.5 Å². The molecule has 8 heavy (non-hydrogen) atoms. The lowest BCUT2D eigenvalue weighted by molar-refractivity contribution is -0.121. The van der Waals surface area contributed by atoms with Crippen LogP contribution in [0.4, 0.5) is 0 Å². The van der Waals surface area contributed by atoms with E-state index >= 15 is 0 Å². The Hall–Kier alpha value is -0.900. The van der Waals surface area contributed by atoms with Crippen LogP contribution in [0.15, 0.2) is 0 Å². The average Bonchev–Trinajstić information content (AvgIpc) is 1.67. The van der Waals surface area contributed by atoms with Crippen LogP contribution < -0.4 is 11.5 Å². The molecule has 0 spiro atoms. The normalized spacial score (nSPS) is 12.6. The number of primary amides is 1. The SMILES string of the molecule is NC(=O)C(N)CC=O. The smallest absolute Gasteiger partial charge is 0.234 e. The highest BCUT2D eigenvalue weighted by atomic mass is 16.1. The average molecular weight is 116 g/mol. The summed E-state index contributed by atoms with van der Waals surface area (Å²) in [6.45, 7) is 0. The molecule has 1 amide bonds. The highest BCUT2D eigenvalue weighted by Gasteiger charge is 2.05. The highest BCUT2D eigenvalue weighted by molar-refractivity contribution is 5.82. The van der Waals surface area contributed by atoms with E-state index in [1.165, 1.54) is 0 Å². The van der Waals surface area contributed by atoms with Gasteiger partial charge in [0, 0.05) is 6.42 Å². The van der Waals surface area contributed by atoms with Crippen molar-refractivity contribution in [1.82, 2.24) is 0 Å². The van der Waals surface area contributed by atoms with Crippen molar-refractivity contribution in [3.63, 3.8) is 0 Å². The molecule has 0 rings (SSSR count). The lowest BCUT2D eigenvalue weighted by Gasteiger charge is -1.98. The zero-order chi connectivity index (χ0) is 6.57. The third-order valence-corrected chi connectivity index (χ3v) is 0.716. The number of nitrogens with two attached hydrogens (primary N) is 2. The Bertz CT molecular complexity index is 102. The van der Waals surface area contributed by atoms with E-state index in [0.29, 0.717) is 6.29 Å². The molecule has 0 saturated heterocycles. The van der Waals surface area contributed by atoms with Gasteiger partial charge in [-0.3, -0.25) is 4.79 Å². The maximum absolute atomic E-state index is 10.0. The van der Waals surface area contributed by atoms with Gasteiger partial charge in [0.1, 0.15) is 6.29 Å². The van der Waals surface area contributed by atoms with Gasteiger partial charge < -0.3 is 16.3 Å². The molecule has 0 radical (unpaired) electrons. The molecule has 0 aromatic rings. The summed E-state index contributed by atoms with van der Waals surface area (Å²) < 4.78 is 0. The molecule has 0 heterocycles. The summed E-state index contributed by atoms with van der Waals surface area (Å²) in [7, 11) is 0. The van der Waals surface area contributed by atoms with Gasteiger partial charge in [0.2, 0.25) is 5.91 Å². The second-order valence-corrected chi connectivity index (χ2v) is 1.41. The third kappa shape index (κ3) is 2.30. The van der Waals surface area contributed by atoms with Crippen molar-refractivity contribution in [2.75, 3.05) is 0 Å². The second kappa shape index (κ2) is 3.15. The second-order valence-electron chi connectivity index (χ2n) is 1.41. The fourth-order valence-corrected chi connectivity index (χ4v) is 0.220. The fourth-order valence-electron chi connectivity index (χ4n) is 0.220. The monoisotopic (exact) mass is 116 g/mol. The summed E-state index contributed by atoms with van der Waals surface area (Å²) in [4.78, 5) is 19.7. The van der Waals surface area contributed by atoms with Gasteiger partial charge in [-0.15, -0.1) is 0 Å². The molecule has 4 N–H and O–H groups in total. The van der Waals surface area contributed by atoms with Gasteiger partial charge in [-0.1, -0.05) is 0 Å². The van der Waals surface area contributed by atoms with E-state index in [9.17, 15) is 9.59 Å². The van der Waals surface area contributed by atoms with Crippen LogP contribution in [0.1, 0.15) is 6.42 Å². The van der Waals surface area contributed by atoms with Crippen LogP contribution in [-0.4, -0.2) is 18.2 Å². The fraction of sp³-hybridized carbons (Fsp3) is 0.500. The number of carbonyl (C=O) groups is 2. The summed E-state index contributed by atoms with van der Waals surface area (Å²) in [5.74, 6) is -0.642. The Labute approximate surface area is 46.8 Å². The zero-order valence-corrected chi connectivity index (χ0v) is 4.33. The van der Waals surface area contributed by atoms with Crippen molar-refractivity contribution in [3.8, 4) is 0 Å². The first-order valence-electron chi connectivity index (χ1n) is 2.17. The summed E-state index contributed by atoms with van der Waals surface area (Å²) in [6.07, 6.45) is 0.574. The number of amides is 1. The zero-order valence-electron chi connectivity index (χ0n) is 4.33. The van der Waals surface area contributed by atoms with Crippen LogP contribution >= 0.6 is 0 Å². The van der Waals surface area contributed by atoms with E-state index in [-0.39, 0.29) is 6.42 Å². The summed E-state index contributed by atoms with van der Waals surface area (Å²) >= 11 is 0. The summed E-state index contributed by atoms with van der Waals surface area (Å²) in [6, 6.07) is -0.813. The summed E-state index contributed by atoms with van der Waals surface area (Å²) in [5.41, 5.74) is 9.72. The standard InChI is InChI=1S/C4H8N2O2/c5-3(1-2-7)4(6)8/h2-3H,1,5H2,(H2,6,8). The van der Waals surface area contributed by atoms with Crippen molar-refractivity contribution in [3.05, 3.63) is 0 Å². The quantitative estimate of drug-likeness (QED) is 0.435. The van der Waals surface area contributed by atoms with Gasteiger partial charge in [0.05, 0.1) is 6.04 Å². The minimum atomic E-state index is -0.813. The minimum absolute atomic E-state index is 0.00926. The lowest BCUT2D eigenvalue weighted by atomic mass is 10.2. The molecule has 46 valence electrons. The summed E-state index contributed by atoms with van der Waals surface area (Å²) in [5, 5.41) is 0. The van der Waals surface area contributed by atoms with Gasteiger partial charge in [0.15, 0.2) is 0 Å². The molecule has 0 saturated carbocycles. The predicted molar refractivity (Wildman–Crippen MR) is 27.9 cm³/mol. The molecule has 0 aromatic heterocycles. The van der Waals surface area contributed by atoms with Gasteiger partial charge in [-0.25, -0.2) is 0 Å². The Morgan fingerprint density at radius 3 is 2.38 bits per heavy atom. The molecular formula is C4H8N2O2. The maximum atomic E-state index is 10.0. The molecule has 4 nitrogen and oxygen atoms in total. The van der Waals surface area contributed by atoms with E-state index in [1.54, 1.807) is 0 Å². The molecule has 0 aliphatic rings. The number of hydrogen-bond acceptors (Lipinski definition) is 3. The van der Waals surface area contributed by atoms with E-state index in [0.717, 1.165) is 0 Å². The maximum Gasteiger partial charge on any atom is 0.234 e.